The summed E-state index contributed by atoms with van der Waals surface area (Å²) in [7, 11) is 0. The van der Waals surface area contributed by atoms with Gasteiger partial charge in [-0.1, -0.05) is 12.2 Å². The van der Waals surface area contributed by atoms with E-state index in [1.165, 1.54) is 11.7 Å². The maximum atomic E-state index is 10.6. The van der Waals surface area contributed by atoms with E-state index in [1.807, 2.05) is 0 Å². The normalized spacial score (nSPS) is 9.33. The summed E-state index contributed by atoms with van der Waals surface area (Å²) >= 11 is 4.55. The molecule has 1 heterocycles. The zero-order valence-electron chi connectivity index (χ0n) is 6.20. The number of thiocarbonyl (C=S) groups is 1. The molecule has 0 bridgehead atoms. The van der Waals surface area contributed by atoms with Crippen LogP contribution in [0, 0.1) is 0 Å². The number of nitrogens with one attached hydrogen (secondary N) is 2. The Morgan fingerprint density at radius 1 is 1.83 bits per heavy atom. The summed E-state index contributed by atoms with van der Waals surface area (Å²) in [5.74, 6) is 0.319. The van der Waals surface area contributed by atoms with Crippen LogP contribution >= 0.6 is 12.2 Å². The highest BCUT2D eigenvalue weighted by Crippen LogP contribution is 2.01. The summed E-state index contributed by atoms with van der Waals surface area (Å²) in [6.07, 6.45) is 1.42. The second kappa shape index (κ2) is 3.82. The lowest BCUT2D eigenvalue weighted by atomic mass is 10.3. The third kappa shape index (κ3) is 2.03. The van der Waals surface area contributed by atoms with Crippen LogP contribution in [0.2, 0.25) is 0 Å². The van der Waals surface area contributed by atoms with Gasteiger partial charge in [-0.05, 0) is 0 Å². The lowest BCUT2D eigenvalue weighted by molar-refractivity contribution is 0.911. The standard InChI is InChI=1S/C6H8N4OS/c7-5-4(1-8-3-12)2-9-6(11)10-5/h2-3H,1H2,(H,8,12)(H3,7,9,10,11). The first-order valence-electron chi connectivity index (χ1n) is 3.24. The van der Waals surface area contributed by atoms with Gasteiger partial charge in [0.05, 0.1) is 5.49 Å². The van der Waals surface area contributed by atoms with Crippen molar-refractivity contribution in [2.45, 2.75) is 6.54 Å². The number of aromatic nitrogens is 2. The number of hydrogen-bond acceptors (Lipinski definition) is 4. The van der Waals surface area contributed by atoms with E-state index in [0.717, 1.165) is 5.56 Å². The van der Waals surface area contributed by atoms with Crippen LogP contribution in [0.15, 0.2) is 11.0 Å². The van der Waals surface area contributed by atoms with Gasteiger partial charge < -0.3 is 11.1 Å². The molecule has 0 atom stereocenters. The van der Waals surface area contributed by atoms with E-state index in [-0.39, 0.29) is 0 Å². The highest BCUT2D eigenvalue weighted by atomic mass is 32.1. The van der Waals surface area contributed by atoms with Gasteiger partial charge in [0.25, 0.3) is 0 Å². The van der Waals surface area contributed by atoms with Crippen LogP contribution in [0.4, 0.5) is 5.82 Å². The second-order valence-electron chi connectivity index (χ2n) is 2.13. The molecule has 0 aromatic carbocycles. The topological polar surface area (TPSA) is 83.8 Å². The van der Waals surface area contributed by atoms with Gasteiger partial charge in [-0.2, -0.15) is 0 Å². The van der Waals surface area contributed by atoms with Crippen molar-refractivity contribution >= 4 is 23.5 Å². The summed E-state index contributed by atoms with van der Waals surface area (Å²) in [6, 6.07) is 0. The fourth-order valence-electron chi connectivity index (χ4n) is 0.726. The Labute approximate surface area is 74.0 Å². The van der Waals surface area contributed by atoms with Gasteiger partial charge in [0.2, 0.25) is 0 Å². The largest absolute Gasteiger partial charge is 0.385 e. The average molecular weight is 184 g/mol. The number of nitrogens with two attached hydrogens (primary N) is 1. The zero-order valence-corrected chi connectivity index (χ0v) is 7.02. The van der Waals surface area contributed by atoms with Crippen molar-refractivity contribution in [2.75, 3.05) is 5.73 Å². The number of nitrogens with zero attached hydrogens (tertiary/aromatic N) is 1. The minimum absolute atomic E-state index is 0.319. The Morgan fingerprint density at radius 2 is 2.58 bits per heavy atom. The molecule has 0 aliphatic heterocycles. The van der Waals surface area contributed by atoms with E-state index >= 15 is 0 Å². The van der Waals surface area contributed by atoms with E-state index in [4.69, 9.17) is 5.73 Å². The lowest BCUT2D eigenvalue weighted by Gasteiger charge is -2.02. The van der Waals surface area contributed by atoms with Gasteiger partial charge in [0.1, 0.15) is 5.82 Å². The number of H-pyrrole nitrogens is 1. The maximum absolute atomic E-state index is 10.6. The molecule has 64 valence electrons. The van der Waals surface area contributed by atoms with E-state index in [2.05, 4.69) is 27.5 Å². The summed E-state index contributed by atoms with van der Waals surface area (Å²) in [5.41, 5.74) is 7.13. The van der Waals surface area contributed by atoms with Gasteiger partial charge >= 0.3 is 5.69 Å². The number of rotatable bonds is 3. The first-order chi connectivity index (χ1) is 5.74. The van der Waals surface area contributed by atoms with E-state index in [9.17, 15) is 4.79 Å². The number of anilines is 1. The zero-order chi connectivity index (χ0) is 8.97. The second-order valence-corrected chi connectivity index (χ2v) is 2.36. The Hall–Kier alpha value is -1.43. The van der Waals surface area contributed by atoms with Gasteiger partial charge in [0, 0.05) is 18.3 Å². The van der Waals surface area contributed by atoms with Crippen molar-refractivity contribution in [3.05, 3.63) is 22.2 Å². The molecule has 0 amide bonds. The highest BCUT2D eigenvalue weighted by molar-refractivity contribution is 7.78. The van der Waals surface area contributed by atoms with Gasteiger partial charge in [-0.3, -0.25) is 4.98 Å². The Kier molecular flexibility index (Phi) is 2.76. The Bertz CT molecular complexity index is 335. The first kappa shape index (κ1) is 8.66. The van der Waals surface area contributed by atoms with Crippen LogP contribution in [0.1, 0.15) is 5.56 Å². The molecule has 0 spiro atoms. The summed E-state index contributed by atoms with van der Waals surface area (Å²) in [4.78, 5) is 16.5. The van der Waals surface area contributed by atoms with E-state index in [0.29, 0.717) is 12.4 Å². The molecular weight excluding hydrogens is 176 g/mol. The quantitative estimate of drug-likeness (QED) is 0.546. The van der Waals surface area contributed by atoms with Crippen molar-refractivity contribution in [1.82, 2.24) is 15.3 Å². The van der Waals surface area contributed by atoms with Crippen LogP contribution in [-0.2, 0) is 6.54 Å². The molecule has 5 nitrogen and oxygen atoms in total. The SMILES string of the molecule is Nc1[nH]c(=O)ncc1CNC=S. The number of aromatic amines is 1. The Balaban J connectivity index is 2.86. The summed E-state index contributed by atoms with van der Waals surface area (Å²) < 4.78 is 0. The fraction of sp³-hybridized carbons (Fsp3) is 0.167. The molecule has 0 saturated carbocycles. The predicted molar refractivity (Wildman–Crippen MR) is 49.8 cm³/mol. The van der Waals surface area contributed by atoms with Crippen LogP contribution in [0.25, 0.3) is 0 Å². The van der Waals surface area contributed by atoms with E-state index in [1.54, 1.807) is 0 Å². The monoisotopic (exact) mass is 184 g/mol. The highest BCUT2D eigenvalue weighted by Gasteiger charge is 1.98. The molecular formula is C6H8N4OS. The van der Waals surface area contributed by atoms with Crippen molar-refractivity contribution < 1.29 is 0 Å². The molecule has 6 heteroatoms. The number of hydrogen-bond donors (Lipinski definition) is 3. The fourth-order valence-corrected chi connectivity index (χ4v) is 0.810. The smallest absolute Gasteiger partial charge is 0.346 e. The molecule has 1 aromatic heterocycles. The molecule has 0 radical (unpaired) electrons. The predicted octanol–water partition coefficient (Wildman–Crippen LogP) is -0.601. The molecule has 0 aliphatic carbocycles. The van der Waals surface area contributed by atoms with Crippen molar-refractivity contribution in [1.29, 1.82) is 0 Å². The van der Waals surface area contributed by atoms with Crippen LogP contribution in [0.5, 0.6) is 0 Å². The van der Waals surface area contributed by atoms with Gasteiger partial charge in [0.15, 0.2) is 0 Å². The Morgan fingerprint density at radius 3 is 3.17 bits per heavy atom. The maximum Gasteiger partial charge on any atom is 0.346 e. The molecule has 1 rings (SSSR count). The minimum atomic E-state index is -0.446. The molecule has 12 heavy (non-hydrogen) atoms. The molecule has 1 aromatic rings. The third-order valence-electron chi connectivity index (χ3n) is 1.30. The molecule has 0 fully saturated rings. The van der Waals surface area contributed by atoms with Crippen molar-refractivity contribution in [2.24, 2.45) is 0 Å². The molecule has 4 N–H and O–H groups in total. The first-order valence-corrected chi connectivity index (χ1v) is 3.72. The minimum Gasteiger partial charge on any atom is -0.385 e. The van der Waals surface area contributed by atoms with E-state index < -0.39 is 5.69 Å². The summed E-state index contributed by atoms with van der Waals surface area (Å²) in [6.45, 7) is 0.471. The van der Waals surface area contributed by atoms with Crippen LogP contribution in [-0.4, -0.2) is 15.5 Å². The molecule has 0 unspecified atom stereocenters. The molecule has 0 aliphatic rings. The summed E-state index contributed by atoms with van der Waals surface area (Å²) in [5, 5.41) is 2.77. The third-order valence-corrected chi connectivity index (χ3v) is 1.47. The average Bonchev–Trinajstić information content (AvgIpc) is 2.03. The lowest BCUT2D eigenvalue weighted by Crippen LogP contribution is -2.17. The van der Waals surface area contributed by atoms with Crippen molar-refractivity contribution in [3.8, 4) is 0 Å². The van der Waals surface area contributed by atoms with Gasteiger partial charge in [-0.15, -0.1) is 0 Å². The van der Waals surface area contributed by atoms with Crippen LogP contribution in [0.3, 0.4) is 0 Å². The van der Waals surface area contributed by atoms with Crippen molar-refractivity contribution in [3.63, 3.8) is 0 Å². The van der Waals surface area contributed by atoms with Gasteiger partial charge in [-0.25, -0.2) is 9.78 Å². The van der Waals surface area contributed by atoms with Crippen LogP contribution < -0.4 is 16.7 Å². The number of nitrogen functional groups attached to an aromatic ring is 1. The molecule has 0 saturated heterocycles.